The number of rotatable bonds is 3. The molecule has 1 saturated heterocycles. The minimum atomic E-state index is -0.320. The molecule has 1 atom stereocenters. The summed E-state index contributed by atoms with van der Waals surface area (Å²) in [5.41, 5.74) is 1.97. The molecule has 136 valence electrons. The lowest BCUT2D eigenvalue weighted by atomic mass is 10.1. The maximum absolute atomic E-state index is 12.6. The molecule has 7 heteroatoms. The molecule has 0 radical (unpaired) electrons. The van der Waals surface area contributed by atoms with Crippen molar-refractivity contribution in [1.29, 1.82) is 0 Å². The summed E-state index contributed by atoms with van der Waals surface area (Å²) < 4.78 is 7.42. The highest BCUT2D eigenvalue weighted by molar-refractivity contribution is 6.02. The van der Waals surface area contributed by atoms with Crippen molar-refractivity contribution in [2.24, 2.45) is 0 Å². The molecule has 4 rings (SSSR count). The second-order valence-electron chi connectivity index (χ2n) is 6.68. The largest absolute Gasteiger partial charge is 0.368 e. The van der Waals surface area contributed by atoms with Crippen LogP contribution in [0.2, 0.25) is 0 Å². The van der Waals surface area contributed by atoms with Crippen molar-refractivity contribution in [2.45, 2.75) is 38.5 Å². The Morgan fingerprint density at radius 1 is 1.15 bits per heavy atom. The van der Waals surface area contributed by atoms with E-state index in [1.165, 1.54) is 0 Å². The standard InChI is InChI=1S/C19H22N4O3/c24-18(20-14-6-2-1-3-7-14)16-12-15-13-22(9-10-23(15)21-16)19(25)17-8-4-5-11-26-17/h1-3,6-7,12,17H,4-5,8-11,13H2,(H,20,24)/t17-/m1/s1. The van der Waals surface area contributed by atoms with Crippen LogP contribution in [0.25, 0.3) is 0 Å². The summed E-state index contributed by atoms with van der Waals surface area (Å²) in [6, 6.07) is 11.1. The van der Waals surface area contributed by atoms with Crippen LogP contribution in [0.3, 0.4) is 0 Å². The van der Waals surface area contributed by atoms with Gasteiger partial charge in [0.05, 0.1) is 18.8 Å². The van der Waals surface area contributed by atoms with Crippen LogP contribution in [0.1, 0.15) is 35.4 Å². The van der Waals surface area contributed by atoms with E-state index < -0.39 is 0 Å². The quantitative estimate of drug-likeness (QED) is 0.915. The van der Waals surface area contributed by atoms with Crippen molar-refractivity contribution < 1.29 is 14.3 Å². The van der Waals surface area contributed by atoms with Gasteiger partial charge in [-0.3, -0.25) is 14.3 Å². The summed E-state index contributed by atoms with van der Waals surface area (Å²) in [6.45, 7) is 2.30. The molecular weight excluding hydrogens is 332 g/mol. The van der Waals surface area contributed by atoms with Gasteiger partial charge in [0.25, 0.3) is 11.8 Å². The monoisotopic (exact) mass is 354 g/mol. The van der Waals surface area contributed by atoms with Crippen LogP contribution in [0, 0.1) is 0 Å². The van der Waals surface area contributed by atoms with E-state index >= 15 is 0 Å². The van der Waals surface area contributed by atoms with Crippen LogP contribution in [-0.2, 0) is 22.6 Å². The minimum absolute atomic E-state index is 0.0486. The zero-order chi connectivity index (χ0) is 17.9. The van der Waals surface area contributed by atoms with Gasteiger partial charge in [-0.2, -0.15) is 5.10 Å². The summed E-state index contributed by atoms with van der Waals surface area (Å²) in [7, 11) is 0. The zero-order valence-corrected chi connectivity index (χ0v) is 14.6. The van der Waals surface area contributed by atoms with E-state index in [1.807, 2.05) is 39.9 Å². The highest BCUT2D eigenvalue weighted by atomic mass is 16.5. The fourth-order valence-corrected chi connectivity index (χ4v) is 3.42. The van der Waals surface area contributed by atoms with Gasteiger partial charge in [-0.1, -0.05) is 18.2 Å². The Balaban J connectivity index is 1.43. The molecule has 0 saturated carbocycles. The van der Waals surface area contributed by atoms with Gasteiger partial charge in [-0.05, 0) is 37.5 Å². The Morgan fingerprint density at radius 2 is 2.00 bits per heavy atom. The molecule has 7 nitrogen and oxygen atoms in total. The average Bonchev–Trinajstić information content (AvgIpc) is 3.12. The van der Waals surface area contributed by atoms with Crippen LogP contribution < -0.4 is 5.32 Å². The maximum atomic E-state index is 12.6. The Labute approximate surface area is 151 Å². The van der Waals surface area contributed by atoms with E-state index in [0.29, 0.717) is 31.9 Å². The van der Waals surface area contributed by atoms with E-state index in [-0.39, 0.29) is 17.9 Å². The molecule has 2 aliphatic rings. The van der Waals surface area contributed by atoms with Gasteiger partial charge >= 0.3 is 0 Å². The third kappa shape index (κ3) is 3.48. The Hall–Kier alpha value is -2.67. The molecule has 2 amide bonds. The van der Waals surface area contributed by atoms with E-state index in [9.17, 15) is 9.59 Å². The number of ether oxygens (including phenoxy) is 1. The number of anilines is 1. The number of aromatic nitrogens is 2. The number of nitrogens with zero attached hydrogens (tertiary/aromatic N) is 3. The van der Waals surface area contributed by atoms with Crippen molar-refractivity contribution in [1.82, 2.24) is 14.7 Å². The first kappa shape index (κ1) is 16.8. The summed E-state index contributed by atoms with van der Waals surface area (Å²) in [6.07, 6.45) is 2.53. The number of benzene rings is 1. The first-order valence-corrected chi connectivity index (χ1v) is 9.04. The fourth-order valence-electron chi connectivity index (χ4n) is 3.42. The lowest BCUT2D eigenvalue weighted by molar-refractivity contribution is -0.148. The highest BCUT2D eigenvalue weighted by Gasteiger charge is 2.30. The third-order valence-electron chi connectivity index (χ3n) is 4.83. The third-order valence-corrected chi connectivity index (χ3v) is 4.83. The van der Waals surface area contributed by atoms with Crippen molar-refractivity contribution in [2.75, 3.05) is 18.5 Å². The number of hydrogen-bond donors (Lipinski definition) is 1. The Bertz CT molecular complexity index is 796. The van der Waals surface area contributed by atoms with Crippen molar-refractivity contribution in [3.05, 3.63) is 47.8 Å². The van der Waals surface area contributed by atoms with Crippen LogP contribution in [0.15, 0.2) is 36.4 Å². The number of para-hydroxylation sites is 1. The number of carbonyl (C=O) groups excluding carboxylic acids is 2. The van der Waals surface area contributed by atoms with Crippen LogP contribution in [-0.4, -0.2) is 45.8 Å². The van der Waals surface area contributed by atoms with Gasteiger partial charge in [-0.15, -0.1) is 0 Å². The lowest BCUT2D eigenvalue weighted by Crippen LogP contribution is -2.45. The first-order valence-electron chi connectivity index (χ1n) is 9.04. The second kappa shape index (κ2) is 7.29. The Morgan fingerprint density at radius 3 is 2.77 bits per heavy atom. The second-order valence-corrected chi connectivity index (χ2v) is 6.68. The summed E-state index contributed by atoms with van der Waals surface area (Å²) in [5, 5.41) is 7.23. The molecule has 1 fully saturated rings. The number of hydrogen-bond acceptors (Lipinski definition) is 4. The van der Waals surface area contributed by atoms with E-state index in [1.54, 1.807) is 6.07 Å². The smallest absolute Gasteiger partial charge is 0.276 e. The van der Waals surface area contributed by atoms with Crippen molar-refractivity contribution in [3.63, 3.8) is 0 Å². The molecule has 0 aliphatic carbocycles. The summed E-state index contributed by atoms with van der Waals surface area (Å²) in [4.78, 5) is 26.9. The molecule has 2 aromatic rings. The first-order chi connectivity index (χ1) is 12.7. The summed E-state index contributed by atoms with van der Waals surface area (Å²) in [5.74, 6) is -0.195. The van der Waals surface area contributed by atoms with Crippen molar-refractivity contribution in [3.8, 4) is 0 Å². The van der Waals surface area contributed by atoms with E-state index in [0.717, 1.165) is 30.6 Å². The van der Waals surface area contributed by atoms with Crippen molar-refractivity contribution >= 4 is 17.5 Å². The van der Waals surface area contributed by atoms with Gasteiger partial charge in [0, 0.05) is 18.8 Å². The molecular formula is C19H22N4O3. The number of fused-ring (bicyclic) bond motifs is 1. The fraction of sp³-hybridized carbons (Fsp3) is 0.421. The average molecular weight is 354 g/mol. The van der Waals surface area contributed by atoms with Gasteiger partial charge in [0.15, 0.2) is 5.69 Å². The van der Waals surface area contributed by atoms with Gasteiger partial charge in [0.1, 0.15) is 6.10 Å². The van der Waals surface area contributed by atoms with Gasteiger partial charge in [0.2, 0.25) is 0 Å². The highest BCUT2D eigenvalue weighted by Crippen LogP contribution is 2.20. The predicted molar refractivity (Wildman–Crippen MR) is 95.6 cm³/mol. The number of nitrogens with one attached hydrogen (secondary N) is 1. The predicted octanol–water partition coefficient (Wildman–Crippen LogP) is 2.05. The molecule has 0 unspecified atom stereocenters. The van der Waals surface area contributed by atoms with Crippen LogP contribution >= 0.6 is 0 Å². The molecule has 1 aromatic heterocycles. The summed E-state index contributed by atoms with van der Waals surface area (Å²) >= 11 is 0. The van der Waals surface area contributed by atoms with Gasteiger partial charge < -0.3 is 15.0 Å². The Kier molecular flexibility index (Phi) is 4.71. The molecule has 1 N–H and O–H groups in total. The molecule has 3 heterocycles. The number of amides is 2. The van der Waals surface area contributed by atoms with Crippen LogP contribution in [0.5, 0.6) is 0 Å². The van der Waals surface area contributed by atoms with Crippen LogP contribution in [0.4, 0.5) is 5.69 Å². The minimum Gasteiger partial charge on any atom is -0.368 e. The topological polar surface area (TPSA) is 76.5 Å². The molecule has 0 spiro atoms. The molecule has 1 aromatic carbocycles. The lowest BCUT2D eigenvalue weighted by Gasteiger charge is -2.32. The SMILES string of the molecule is O=C(Nc1ccccc1)c1cc2n(n1)CCN(C(=O)[C@H]1CCCCO1)C2. The van der Waals surface area contributed by atoms with Gasteiger partial charge in [-0.25, -0.2) is 0 Å². The number of carbonyl (C=O) groups is 2. The normalized spacial score (nSPS) is 19.7. The maximum Gasteiger partial charge on any atom is 0.276 e. The molecule has 0 bridgehead atoms. The van der Waals surface area contributed by atoms with E-state index in [4.69, 9.17) is 4.74 Å². The van der Waals surface area contributed by atoms with E-state index in [2.05, 4.69) is 10.4 Å². The molecule has 26 heavy (non-hydrogen) atoms. The molecule has 2 aliphatic heterocycles. The zero-order valence-electron chi connectivity index (χ0n) is 14.6.